The number of nitrogens with zero attached hydrogens (tertiary/aromatic N) is 1. The van der Waals surface area contributed by atoms with E-state index in [2.05, 4.69) is 63.2 Å². The zero-order valence-corrected chi connectivity index (χ0v) is 18.3. The molecule has 0 aliphatic rings. The van der Waals surface area contributed by atoms with Crippen molar-refractivity contribution in [3.63, 3.8) is 0 Å². The number of aromatic nitrogens is 1. The summed E-state index contributed by atoms with van der Waals surface area (Å²) < 4.78 is 12.2. The number of hydrogen-bond donors (Lipinski definition) is 0. The molecule has 0 saturated carbocycles. The fraction of sp³-hybridized carbons (Fsp3) is 0.138. The average Bonchev–Trinajstić information content (AvgIpc) is 3.36. The number of pyridine rings is 1. The van der Waals surface area contributed by atoms with Gasteiger partial charge in [0, 0.05) is 23.4 Å². The van der Waals surface area contributed by atoms with Crippen LogP contribution in [0.2, 0.25) is 0 Å². The van der Waals surface area contributed by atoms with Crippen molar-refractivity contribution < 1.29 is 8.83 Å². The van der Waals surface area contributed by atoms with E-state index in [0.717, 1.165) is 44.7 Å². The van der Waals surface area contributed by atoms with Crippen LogP contribution in [0.25, 0.3) is 55.5 Å². The van der Waals surface area contributed by atoms with Gasteiger partial charge in [-0.3, -0.25) is 4.98 Å². The summed E-state index contributed by atoms with van der Waals surface area (Å²) in [5.41, 5.74) is 6.76. The molecule has 6 aromatic rings. The second-order valence-electron chi connectivity index (χ2n) is 9.33. The van der Waals surface area contributed by atoms with Crippen LogP contribution in [0.15, 0.2) is 93.9 Å². The molecule has 3 aromatic carbocycles. The molecule has 0 bridgehead atoms. The molecule has 32 heavy (non-hydrogen) atoms. The lowest BCUT2D eigenvalue weighted by Gasteiger charge is -2.22. The minimum Gasteiger partial charge on any atom is -0.452 e. The van der Waals surface area contributed by atoms with Crippen molar-refractivity contribution in [3.05, 3.63) is 90.6 Å². The number of benzene rings is 3. The molecule has 3 aromatic heterocycles. The fourth-order valence-corrected chi connectivity index (χ4v) is 4.46. The van der Waals surface area contributed by atoms with Gasteiger partial charge in [0.1, 0.15) is 11.3 Å². The van der Waals surface area contributed by atoms with Crippen LogP contribution in [0.1, 0.15) is 26.3 Å². The Balaban J connectivity index is 1.49. The van der Waals surface area contributed by atoms with Gasteiger partial charge in [-0.05, 0) is 58.1 Å². The summed E-state index contributed by atoms with van der Waals surface area (Å²) in [7, 11) is 0. The first-order chi connectivity index (χ1) is 15.5. The molecule has 0 fully saturated rings. The Hall–Kier alpha value is -3.85. The molecule has 0 amide bonds. The monoisotopic (exact) mass is 417 g/mol. The van der Waals surface area contributed by atoms with E-state index >= 15 is 0 Å². The van der Waals surface area contributed by atoms with Crippen LogP contribution in [0.4, 0.5) is 0 Å². The van der Waals surface area contributed by atoms with E-state index in [0.29, 0.717) is 0 Å². The van der Waals surface area contributed by atoms with Crippen LogP contribution in [-0.2, 0) is 5.41 Å². The summed E-state index contributed by atoms with van der Waals surface area (Å²) in [5.74, 6) is 0.782. The lowest BCUT2D eigenvalue weighted by Crippen LogP contribution is -2.12. The first-order valence-corrected chi connectivity index (χ1v) is 10.9. The molecule has 0 aliphatic carbocycles. The molecule has 0 unspecified atom stereocenters. The molecular weight excluding hydrogens is 394 g/mol. The number of hydrogen-bond acceptors (Lipinski definition) is 3. The minimum atomic E-state index is 0.0275. The smallest absolute Gasteiger partial charge is 0.181 e. The summed E-state index contributed by atoms with van der Waals surface area (Å²) in [5, 5.41) is 3.51. The molecule has 0 spiro atoms. The summed E-state index contributed by atoms with van der Waals surface area (Å²) >= 11 is 0. The maximum Gasteiger partial charge on any atom is 0.181 e. The number of fused-ring (bicyclic) bond motifs is 4. The normalized spacial score (nSPS) is 12.2. The van der Waals surface area contributed by atoms with Gasteiger partial charge in [-0.15, -0.1) is 0 Å². The van der Waals surface area contributed by atoms with Gasteiger partial charge in [0.2, 0.25) is 0 Å². The van der Waals surface area contributed by atoms with Gasteiger partial charge in [-0.2, -0.15) is 0 Å². The first-order valence-electron chi connectivity index (χ1n) is 10.9. The predicted octanol–water partition coefficient (Wildman–Crippen LogP) is 8.36. The van der Waals surface area contributed by atoms with Gasteiger partial charge in [0.25, 0.3) is 0 Å². The highest BCUT2D eigenvalue weighted by Crippen LogP contribution is 2.37. The largest absolute Gasteiger partial charge is 0.452 e. The van der Waals surface area contributed by atoms with Crippen molar-refractivity contribution in [2.75, 3.05) is 0 Å². The SMILES string of the molecule is CC(C)(C)c1cc(-c2cc(-c3cc4oc5ccccc5c4o3)ccn2)cc2ccccc12. The van der Waals surface area contributed by atoms with Crippen molar-refractivity contribution in [2.24, 2.45) is 0 Å². The van der Waals surface area contributed by atoms with Crippen LogP contribution in [0, 0.1) is 0 Å². The van der Waals surface area contributed by atoms with E-state index < -0.39 is 0 Å². The molecule has 6 rings (SSSR count). The van der Waals surface area contributed by atoms with Crippen LogP contribution < -0.4 is 0 Å². The molecule has 3 heterocycles. The molecule has 0 radical (unpaired) electrons. The summed E-state index contributed by atoms with van der Waals surface area (Å²) in [6.45, 7) is 6.76. The van der Waals surface area contributed by atoms with E-state index in [-0.39, 0.29) is 5.41 Å². The third kappa shape index (κ3) is 3.01. The molecular formula is C29H23NO2. The van der Waals surface area contributed by atoms with Crippen molar-refractivity contribution in [1.82, 2.24) is 4.98 Å². The topological polar surface area (TPSA) is 39.2 Å². The molecule has 0 atom stereocenters. The zero-order valence-electron chi connectivity index (χ0n) is 18.3. The van der Waals surface area contributed by atoms with Crippen LogP contribution in [0.3, 0.4) is 0 Å². The van der Waals surface area contributed by atoms with Gasteiger partial charge in [0.15, 0.2) is 11.2 Å². The maximum absolute atomic E-state index is 6.22. The summed E-state index contributed by atoms with van der Waals surface area (Å²) in [6.07, 6.45) is 1.85. The zero-order chi connectivity index (χ0) is 21.9. The van der Waals surface area contributed by atoms with Crippen molar-refractivity contribution in [3.8, 4) is 22.6 Å². The van der Waals surface area contributed by atoms with Crippen LogP contribution in [0.5, 0.6) is 0 Å². The minimum absolute atomic E-state index is 0.0275. The lowest BCUT2D eigenvalue weighted by molar-refractivity contribution is 0.596. The van der Waals surface area contributed by atoms with E-state index in [1.807, 2.05) is 42.6 Å². The van der Waals surface area contributed by atoms with Gasteiger partial charge >= 0.3 is 0 Å². The van der Waals surface area contributed by atoms with Crippen molar-refractivity contribution in [2.45, 2.75) is 26.2 Å². The molecule has 0 aliphatic heterocycles. The molecule has 0 N–H and O–H groups in total. The average molecular weight is 418 g/mol. The Labute approximate surface area is 186 Å². The number of furan rings is 2. The van der Waals surface area contributed by atoms with E-state index in [9.17, 15) is 0 Å². The highest BCUT2D eigenvalue weighted by atomic mass is 16.4. The van der Waals surface area contributed by atoms with Gasteiger partial charge < -0.3 is 8.83 Å². The van der Waals surface area contributed by atoms with Crippen molar-refractivity contribution >= 4 is 32.9 Å². The Kier molecular flexibility index (Phi) is 4.03. The third-order valence-corrected chi connectivity index (χ3v) is 6.06. The Bertz CT molecular complexity index is 1610. The predicted molar refractivity (Wildman–Crippen MR) is 131 cm³/mol. The number of rotatable bonds is 2. The molecule has 156 valence electrons. The van der Waals surface area contributed by atoms with Crippen molar-refractivity contribution in [1.29, 1.82) is 0 Å². The second-order valence-corrected chi connectivity index (χ2v) is 9.33. The molecule has 3 heteroatoms. The number of para-hydroxylation sites is 1. The van der Waals surface area contributed by atoms with E-state index in [1.54, 1.807) is 0 Å². The van der Waals surface area contributed by atoms with Gasteiger partial charge in [-0.1, -0.05) is 57.2 Å². The summed E-state index contributed by atoms with van der Waals surface area (Å²) in [4.78, 5) is 4.69. The van der Waals surface area contributed by atoms with E-state index in [1.165, 1.54) is 16.3 Å². The molecule has 3 nitrogen and oxygen atoms in total. The maximum atomic E-state index is 6.22. The highest BCUT2D eigenvalue weighted by Gasteiger charge is 2.19. The fourth-order valence-electron chi connectivity index (χ4n) is 4.46. The van der Waals surface area contributed by atoms with Crippen LogP contribution in [-0.4, -0.2) is 4.98 Å². The highest BCUT2D eigenvalue weighted by molar-refractivity contribution is 6.02. The summed E-state index contributed by atoms with van der Waals surface area (Å²) in [6, 6.07) is 27.0. The molecule has 0 saturated heterocycles. The Morgan fingerprint density at radius 1 is 0.688 bits per heavy atom. The van der Waals surface area contributed by atoms with Gasteiger partial charge in [-0.25, -0.2) is 0 Å². The van der Waals surface area contributed by atoms with Gasteiger partial charge in [0.05, 0.1) is 11.1 Å². The van der Waals surface area contributed by atoms with E-state index in [4.69, 9.17) is 13.8 Å². The Morgan fingerprint density at radius 2 is 1.47 bits per heavy atom. The Morgan fingerprint density at radius 3 is 2.31 bits per heavy atom. The standard InChI is InChI=1S/C29H23NO2/c1-29(2,3)23-15-20(14-18-8-4-5-9-21(18)23)24-16-19(12-13-30-24)26-17-27-28(32-26)22-10-6-7-11-25(22)31-27/h4-17H,1-3H3. The third-order valence-electron chi connectivity index (χ3n) is 6.06. The van der Waals surface area contributed by atoms with Crippen LogP contribution >= 0.6 is 0 Å². The lowest BCUT2D eigenvalue weighted by atomic mass is 9.82. The first kappa shape index (κ1) is 18.9. The quantitative estimate of drug-likeness (QED) is 0.284. The second kappa shape index (κ2) is 6.83.